The third-order valence-corrected chi connectivity index (χ3v) is 10.0. The molecule has 13 nitrogen and oxygen atoms in total. The van der Waals surface area contributed by atoms with Crippen molar-refractivity contribution in [3.05, 3.63) is 64.2 Å². The Balaban J connectivity index is 1.06. The monoisotopic (exact) mass is 672 g/mol. The summed E-state index contributed by atoms with van der Waals surface area (Å²) in [6.45, 7) is 12.5. The van der Waals surface area contributed by atoms with Gasteiger partial charge >= 0.3 is 0 Å². The second kappa shape index (κ2) is 14.4. The lowest BCUT2D eigenvalue weighted by Crippen LogP contribution is -2.39. The number of benzene rings is 1. The van der Waals surface area contributed by atoms with E-state index in [-0.39, 0.29) is 53.5 Å². The molecule has 1 saturated carbocycles. The van der Waals surface area contributed by atoms with Crippen LogP contribution in [0, 0.1) is 11.8 Å². The number of para-hydroxylation sites is 1. The molecule has 4 N–H and O–H groups in total. The van der Waals surface area contributed by atoms with E-state index in [1.54, 1.807) is 28.0 Å². The van der Waals surface area contributed by atoms with Crippen LogP contribution in [0.5, 0.6) is 5.75 Å². The van der Waals surface area contributed by atoms with Gasteiger partial charge in [0.15, 0.2) is 0 Å². The van der Waals surface area contributed by atoms with E-state index in [4.69, 9.17) is 4.74 Å². The first-order chi connectivity index (χ1) is 23.5. The second-order valence-electron chi connectivity index (χ2n) is 14.2. The summed E-state index contributed by atoms with van der Waals surface area (Å²) in [6, 6.07) is 8.92. The maximum absolute atomic E-state index is 13.6. The fraction of sp³-hybridized carbons (Fsp3) is 0.556. The first-order valence-corrected chi connectivity index (χ1v) is 17.6. The fourth-order valence-electron chi connectivity index (χ4n) is 6.83. The van der Waals surface area contributed by atoms with Gasteiger partial charge in [-0.2, -0.15) is 10.2 Å². The van der Waals surface area contributed by atoms with Gasteiger partial charge in [-0.25, -0.2) is 0 Å². The molecule has 0 bridgehead atoms. The van der Waals surface area contributed by atoms with Crippen molar-refractivity contribution in [1.29, 1.82) is 0 Å². The minimum Gasteiger partial charge on any atom is -0.493 e. The van der Waals surface area contributed by atoms with Crippen molar-refractivity contribution in [3.8, 4) is 5.75 Å². The van der Waals surface area contributed by atoms with Crippen LogP contribution in [0.25, 0.3) is 0 Å². The number of hydrogen-bond acceptors (Lipinski definition) is 7. The third-order valence-electron chi connectivity index (χ3n) is 10.0. The summed E-state index contributed by atoms with van der Waals surface area (Å²) in [5, 5.41) is 20.7. The fourth-order valence-corrected chi connectivity index (χ4v) is 6.83. The highest BCUT2D eigenvalue weighted by atomic mass is 16.5. The van der Waals surface area contributed by atoms with Crippen LogP contribution >= 0.6 is 0 Å². The summed E-state index contributed by atoms with van der Waals surface area (Å²) in [5.41, 5.74) is 3.76. The zero-order valence-corrected chi connectivity index (χ0v) is 29.0. The number of rotatable bonds is 12. The standard InChI is InChI=1S/C36H48N8O5/c1-6-49-32-23(8-7-9-26(32)33(45)37-24-10-12-43(18-24)35(47)30-16-28(20(2)3)39-41-30)14-22(5)29-17-31(42-40-29)36(48)44-13-11-25(19-44)38-34(46)27-15-21(27)4/h7-9,16-17,20-22,24-25,27H,6,10-15,18-19H2,1-5H3,(H,37,45)(H,38,46)(H,39,41)(H,40,42). The van der Waals surface area contributed by atoms with E-state index in [2.05, 4.69) is 38.0 Å². The molecule has 5 unspecified atom stereocenters. The molecular weight excluding hydrogens is 624 g/mol. The number of amides is 4. The summed E-state index contributed by atoms with van der Waals surface area (Å²) >= 11 is 0. The van der Waals surface area contributed by atoms with E-state index in [0.29, 0.717) is 74.2 Å². The molecule has 0 radical (unpaired) electrons. The van der Waals surface area contributed by atoms with E-state index in [1.807, 2.05) is 39.8 Å². The average Bonchev–Trinajstić information content (AvgIpc) is 3.68. The second-order valence-corrected chi connectivity index (χ2v) is 14.2. The summed E-state index contributed by atoms with van der Waals surface area (Å²) < 4.78 is 6.05. The van der Waals surface area contributed by atoms with Crippen molar-refractivity contribution in [2.24, 2.45) is 11.8 Å². The van der Waals surface area contributed by atoms with E-state index in [9.17, 15) is 19.2 Å². The first-order valence-electron chi connectivity index (χ1n) is 17.6. The van der Waals surface area contributed by atoms with Gasteiger partial charge < -0.3 is 25.2 Å². The van der Waals surface area contributed by atoms with Crippen molar-refractivity contribution >= 4 is 23.6 Å². The van der Waals surface area contributed by atoms with Crippen molar-refractivity contribution in [1.82, 2.24) is 40.8 Å². The molecule has 2 aliphatic heterocycles. The molecule has 2 saturated heterocycles. The lowest BCUT2D eigenvalue weighted by molar-refractivity contribution is -0.123. The third kappa shape index (κ3) is 7.65. The summed E-state index contributed by atoms with van der Waals surface area (Å²) in [7, 11) is 0. The van der Waals surface area contributed by atoms with Crippen molar-refractivity contribution in [2.45, 2.75) is 84.2 Å². The highest BCUT2D eigenvalue weighted by Gasteiger charge is 2.41. The first kappa shape index (κ1) is 34.2. The predicted octanol–water partition coefficient (Wildman–Crippen LogP) is 3.63. The van der Waals surface area contributed by atoms with Crippen LogP contribution in [0.15, 0.2) is 30.3 Å². The number of nitrogens with one attached hydrogen (secondary N) is 4. The molecule has 0 spiro atoms. The number of aromatic nitrogens is 4. The van der Waals surface area contributed by atoms with Crippen LogP contribution in [0.3, 0.4) is 0 Å². The van der Waals surface area contributed by atoms with Crippen LogP contribution in [-0.4, -0.2) is 98.7 Å². The number of nitrogens with zero attached hydrogens (tertiary/aromatic N) is 4. The van der Waals surface area contributed by atoms with Gasteiger partial charge in [-0.1, -0.05) is 39.8 Å². The smallest absolute Gasteiger partial charge is 0.274 e. The SMILES string of the molecule is CCOc1c(CC(C)c2cc(C(=O)N3CCC(NC(=O)C4CC4C)C3)n[nH]2)cccc1C(=O)NC1CCN(C(=O)c2cc(C(C)C)[nH]n2)C1. The van der Waals surface area contributed by atoms with E-state index < -0.39 is 0 Å². The Morgan fingerprint density at radius 2 is 1.51 bits per heavy atom. The molecule has 4 amide bonds. The van der Waals surface area contributed by atoms with Crippen molar-refractivity contribution in [3.63, 3.8) is 0 Å². The molecule has 6 rings (SSSR count). The highest BCUT2D eigenvalue weighted by molar-refractivity contribution is 5.98. The van der Waals surface area contributed by atoms with Crippen LogP contribution in [0.1, 0.15) is 114 Å². The Bertz CT molecular complexity index is 1700. The van der Waals surface area contributed by atoms with Crippen molar-refractivity contribution in [2.75, 3.05) is 32.8 Å². The van der Waals surface area contributed by atoms with Gasteiger partial charge in [0.2, 0.25) is 5.91 Å². The maximum atomic E-state index is 13.6. The van der Waals surface area contributed by atoms with Gasteiger partial charge in [-0.3, -0.25) is 29.4 Å². The average molecular weight is 673 g/mol. The topological polar surface area (TPSA) is 165 Å². The molecule has 262 valence electrons. The zero-order valence-electron chi connectivity index (χ0n) is 29.0. The lowest BCUT2D eigenvalue weighted by Gasteiger charge is -2.19. The number of aromatic amines is 2. The van der Waals surface area contributed by atoms with Crippen molar-refractivity contribution < 1.29 is 23.9 Å². The number of H-pyrrole nitrogens is 2. The molecule has 1 aromatic carbocycles. The maximum Gasteiger partial charge on any atom is 0.274 e. The molecule has 1 aliphatic carbocycles. The Morgan fingerprint density at radius 3 is 2.08 bits per heavy atom. The Labute approximate surface area is 286 Å². The molecule has 13 heteroatoms. The van der Waals surface area contributed by atoms with E-state index >= 15 is 0 Å². The largest absolute Gasteiger partial charge is 0.493 e. The van der Waals surface area contributed by atoms with Gasteiger partial charge in [0.05, 0.1) is 12.2 Å². The summed E-state index contributed by atoms with van der Waals surface area (Å²) in [5.74, 6) is 0.819. The zero-order chi connectivity index (χ0) is 34.8. The van der Waals surface area contributed by atoms with Gasteiger partial charge in [0.25, 0.3) is 17.7 Å². The highest BCUT2D eigenvalue weighted by Crippen LogP contribution is 2.38. The lowest BCUT2D eigenvalue weighted by atomic mass is 9.95. The number of carbonyl (C=O) groups excluding carboxylic acids is 4. The van der Waals surface area contributed by atoms with Gasteiger partial charge in [-0.05, 0) is 68.2 Å². The normalized spacial score (nSPS) is 22.3. The Hall–Kier alpha value is -4.68. The van der Waals surface area contributed by atoms with Crippen LogP contribution < -0.4 is 15.4 Å². The van der Waals surface area contributed by atoms with Crippen LogP contribution in [-0.2, 0) is 11.2 Å². The van der Waals surface area contributed by atoms with Gasteiger partial charge in [0.1, 0.15) is 17.1 Å². The molecule has 3 fully saturated rings. The molecule has 5 atom stereocenters. The van der Waals surface area contributed by atoms with Gasteiger partial charge in [0, 0.05) is 61.5 Å². The number of likely N-dealkylation sites (tertiary alicyclic amines) is 2. The molecule has 49 heavy (non-hydrogen) atoms. The van der Waals surface area contributed by atoms with E-state index in [0.717, 1.165) is 29.8 Å². The van der Waals surface area contributed by atoms with Gasteiger partial charge in [-0.15, -0.1) is 0 Å². The van der Waals surface area contributed by atoms with Crippen LogP contribution in [0.4, 0.5) is 0 Å². The minimum atomic E-state index is -0.250. The predicted molar refractivity (Wildman–Crippen MR) is 182 cm³/mol. The Kier molecular flexibility index (Phi) is 10.1. The molecule has 2 aromatic heterocycles. The molecule has 4 heterocycles. The molecule has 3 aliphatic rings. The van der Waals surface area contributed by atoms with E-state index in [1.165, 1.54) is 0 Å². The Morgan fingerprint density at radius 1 is 0.918 bits per heavy atom. The summed E-state index contributed by atoms with van der Waals surface area (Å²) in [4.78, 5) is 55.7. The number of ether oxygens (including phenoxy) is 1. The summed E-state index contributed by atoms with van der Waals surface area (Å²) in [6.07, 6.45) is 2.87. The quantitative estimate of drug-likeness (QED) is 0.228. The number of carbonyl (C=O) groups is 4. The number of hydrogen-bond donors (Lipinski definition) is 4. The van der Waals surface area contributed by atoms with Crippen LogP contribution in [0.2, 0.25) is 0 Å². The minimum absolute atomic E-state index is 0.0295. The molecular formula is C36H48N8O5. The molecule has 3 aromatic rings.